The Morgan fingerprint density at radius 3 is 2.55 bits per heavy atom. The summed E-state index contributed by atoms with van der Waals surface area (Å²) in [5, 5.41) is 17.7. The van der Waals surface area contributed by atoms with Gasteiger partial charge < -0.3 is 25.2 Å². The molecule has 0 fully saturated rings. The Morgan fingerprint density at radius 2 is 1.90 bits per heavy atom. The molecule has 0 saturated heterocycles. The minimum absolute atomic E-state index is 0.0675. The molecule has 3 rings (SSSR count). The topological polar surface area (TPSA) is 79.8 Å². The Morgan fingerprint density at radius 1 is 1.15 bits per heavy atom. The number of aliphatic hydroxyl groups excluding tert-OH is 1. The van der Waals surface area contributed by atoms with Gasteiger partial charge in [-0.3, -0.25) is 4.79 Å². The minimum Gasteiger partial charge on any atom is -0.497 e. The van der Waals surface area contributed by atoms with Gasteiger partial charge in [-0.15, -0.1) is 13.2 Å². The minimum atomic E-state index is -1.03. The second-order valence-corrected chi connectivity index (χ2v) is 10.3. The summed E-state index contributed by atoms with van der Waals surface area (Å²) in [7, 11) is 1.61. The van der Waals surface area contributed by atoms with Crippen LogP contribution >= 0.6 is 0 Å². The molecule has 0 heterocycles. The molecule has 8 heteroatoms. The molecule has 5 atom stereocenters. The van der Waals surface area contributed by atoms with E-state index in [9.17, 15) is 18.7 Å². The van der Waals surface area contributed by atoms with Crippen molar-refractivity contribution in [3.8, 4) is 5.75 Å². The number of hydrogen-bond donors (Lipinski definition) is 3. The van der Waals surface area contributed by atoms with Gasteiger partial charge in [0.2, 0.25) is 5.91 Å². The van der Waals surface area contributed by atoms with E-state index in [-0.39, 0.29) is 36.9 Å². The van der Waals surface area contributed by atoms with Gasteiger partial charge >= 0.3 is 0 Å². The van der Waals surface area contributed by atoms with Gasteiger partial charge in [0, 0.05) is 24.6 Å². The largest absolute Gasteiger partial charge is 0.497 e. The second-order valence-electron chi connectivity index (χ2n) is 10.3. The third-order valence-corrected chi connectivity index (χ3v) is 7.35. The van der Waals surface area contributed by atoms with Crippen LogP contribution in [0.5, 0.6) is 5.75 Å². The number of nitrogens with one attached hydrogen (secondary N) is 2. The van der Waals surface area contributed by atoms with Crippen LogP contribution in [-0.2, 0) is 16.0 Å². The third-order valence-electron chi connectivity index (χ3n) is 7.35. The van der Waals surface area contributed by atoms with Crippen LogP contribution in [0.3, 0.4) is 0 Å². The summed E-state index contributed by atoms with van der Waals surface area (Å²) in [6, 6.07) is 8.18. The van der Waals surface area contributed by atoms with Gasteiger partial charge in [-0.1, -0.05) is 38.0 Å². The first-order chi connectivity index (χ1) is 19.3. The van der Waals surface area contributed by atoms with Gasteiger partial charge in [-0.05, 0) is 66.6 Å². The first kappa shape index (κ1) is 31.5. The predicted octanol–water partition coefficient (Wildman–Crippen LogP) is 5.72. The fraction of sp³-hybridized carbons (Fsp3) is 0.469. The number of halogens is 2. The monoisotopic (exact) mass is 556 g/mol. The quantitative estimate of drug-likeness (QED) is 0.217. The Labute approximate surface area is 236 Å². The first-order valence-electron chi connectivity index (χ1n) is 14.0. The van der Waals surface area contributed by atoms with Crippen molar-refractivity contribution < 1.29 is 28.2 Å². The zero-order chi connectivity index (χ0) is 29.1. The molecule has 0 aliphatic heterocycles. The molecule has 0 bridgehead atoms. The van der Waals surface area contributed by atoms with Crippen LogP contribution in [0.25, 0.3) is 0 Å². The van der Waals surface area contributed by atoms with Gasteiger partial charge in [-0.25, -0.2) is 8.78 Å². The highest BCUT2D eigenvalue weighted by Crippen LogP contribution is 2.42. The van der Waals surface area contributed by atoms with E-state index in [0.717, 1.165) is 30.0 Å². The molecule has 0 radical (unpaired) electrons. The van der Waals surface area contributed by atoms with Gasteiger partial charge in [0.15, 0.2) is 0 Å². The van der Waals surface area contributed by atoms with Gasteiger partial charge in [0.05, 0.1) is 32.0 Å². The normalized spacial score (nSPS) is 18.4. The van der Waals surface area contributed by atoms with Crippen molar-refractivity contribution in [2.45, 2.75) is 69.7 Å². The van der Waals surface area contributed by atoms with Gasteiger partial charge in [0.1, 0.15) is 17.4 Å². The number of amides is 1. The molecule has 40 heavy (non-hydrogen) atoms. The van der Waals surface area contributed by atoms with E-state index in [4.69, 9.17) is 9.47 Å². The van der Waals surface area contributed by atoms with Crippen molar-refractivity contribution in [3.05, 3.63) is 90.0 Å². The van der Waals surface area contributed by atoms with E-state index < -0.39 is 23.8 Å². The fourth-order valence-electron chi connectivity index (χ4n) is 5.26. The van der Waals surface area contributed by atoms with E-state index in [1.165, 1.54) is 12.1 Å². The van der Waals surface area contributed by atoms with Gasteiger partial charge in [-0.2, -0.15) is 0 Å². The lowest BCUT2D eigenvalue weighted by atomic mass is 9.95. The highest BCUT2D eigenvalue weighted by molar-refractivity contribution is 5.79. The Kier molecular flexibility index (Phi) is 12.3. The predicted molar refractivity (Wildman–Crippen MR) is 153 cm³/mol. The van der Waals surface area contributed by atoms with Crippen LogP contribution in [0.2, 0.25) is 0 Å². The maximum absolute atomic E-state index is 13.9. The molecular weight excluding hydrogens is 514 g/mol. The summed E-state index contributed by atoms with van der Waals surface area (Å²) in [6.07, 6.45) is 5.99. The number of methoxy groups -OCH3 is 1. The third kappa shape index (κ3) is 8.71. The Balaban J connectivity index is 1.78. The summed E-state index contributed by atoms with van der Waals surface area (Å²) < 4.78 is 39.3. The standard InChI is InChI=1S/C32H42F2N2O4/c1-5-8-10-22(9-6-2)32(38)36-29(16-21-14-23(33)17-24(34)15-21)30(37)20-35-28-19-31(40-13-7-3)26-12-11-25(39-4)18-27(26)28/h6-7,11-12,14-15,17-18,22,28-31,35,37H,2-3,5,8-10,13,16,19-20H2,1,4H3,(H,36,38)/t22?,28-,29-,30+,31+/m0/s1. The summed E-state index contributed by atoms with van der Waals surface area (Å²) in [5.74, 6) is -1.19. The number of fused-ring (bicyclic) bond motifs is 1. The summed E-state index contributed by atoms with van der Waals surface area (Å²) in [6.45, 7) is 10.1. The molecule has 1 amide bonds. The average molecular weight is 557 g/mol. The van der Waals surface area contributed by atoms with Crippen molar-refractivity contribution in [1.82, 2.24) is 10.6 Å². The van der Waals surface area contributed by atoms with Crippen molar-refractivity contribution in [3.63, 3.8) is 0 Å². The average Bonchev–Trinajstić information content (AvgIpc) is 3.28. The van der Waals surface area contributed by atoms with Crippen LogP contribution in [-0.4, -0.2) is 43.4 Å². The zero-order valence-corrected chi connectivity index (χ0v) is 23.5. The number of allylic oxidation sites excluding steroid dienone is 1. The zero-order valence-electron chi connectivity index (χ0n) is 23.5. The van der Waals surface area contributed by atoms with Crippen molar-refractivity contribution in [2.24, 2.45) is 5.92 Å². The molecule has 0 spiro atoms. The molecule has 1 aliphatic rings. The van der Waals surface area contributed by atoms with E-state index in [1.54, 1.807) is 19.3 Å². The van der Waals surface area contributed by atoms with Crippen molar-refractivity contribution >= 4 is 5.91 Å². The van der Waals surface area contributed by atoms with Crippen LogP contribution in [0.4, 0.5) is 8.78 Å². The van der Waals surface area contributed by atoms with E-state index >= 15 is 0 Å². The molecule has 0 aromatic heterocycles. The van der Waals surface area contributed by atoms with Gasteiger partial charge in [0.25, 0.3) is 0 Å². The fourth-order valence-corrected chi connectivity index (χ4v) is 5.26. The molecule has 3 N–H and O–H groups in total. The van der Waals surface area contributed by atoms with Crippen molar-refractivity contribution in [2.75, 3.05) is 20.3 Å². The van der Waals surface area contributed by atoms with E-state index in [0.29, 0.717) is 37.2 Å². The van der Waals surface area contributed by atoms with E-state index in [2.05, 4.69) is 30.7 Å². The molecule has 218 valence electrons. The SMILES string of the molecule is C=CCO[C@@H]1C[C@H](NC[C@@H](O)[C@H](Cc2cc(F)cc(F)c2)NC(=O)C(CC=C)CCCC)c2cc(OC)ccc21. The van der Waals surface area contributed by atoms with Crippen LogP contribution < -0.4 is 15.4 Å². The highest BCUT2D eigenvalue weighted by atomic mass is 19.1. The maximum Gasteiger partial charge on any atom is 0.223 e. The lowest BCUT2D eigenvalue weighted by Crippen LogP contribution is -2.50. The first-order valence-corrected chi connectivity index (χ1v) is 14.0. The smallest absolute Gasteiger partial charge is 0.223 e. The molecule has 1 unspecified atom stereocenters. The lowest BCUT2D eigenvalue weighted by molar-refractivity contribution is -0.126. The van der Waals surface area contributed by atoms with Crippen molar-refractivity contribution in [1.29, 1.82) is 0 Å². The Bertz CT molecular complexity index is 1120. The summed E-state index contributed by atoms with van der Waals surface area (Å²) in [4.78, 5) is 13.2. The number of rotatable bonds is 17. The molecule has 2 aromatic rings. The Hall–Kier alpha value is -3.07. The number of unbranched alkanes of at least 4 members (excludes halogenated alkanes) is 1. The lowest BCUT2D eigenvalue weighted by Gasteiger charge is -2.28. The second kappa shape index (κ2) is 15.6. The van der Waals surface area contributed by atoms with Crippen LogP contribution in [0.15, 0.2) is 61.7 Å². The molecule has 2 aromatic carbocycles. The van der Waals surface area contributed by atoms with E-state index in [1.807, 2.05) is 18.2 Å². The molecule has 6 nitrogen and oxygen atoms in total. The molecule has 0 saturated carbocycles. The number of benzene rings is 2. The van der Waals surface area contributed by atoms with Crippen LogP contribution in [0, 0.1) is 17.6 Å². The number of aliphatic hydroxyl groups is 1. The number of ether oxygens (including phenoxy) is 2. The molecular formula is C32H42F2N2O4. The number of carbonyl (C=O) groups excluding carboxylic acids is 1. The summed E-state index contributed by atoms with van der Waals surface area (Å²) >= 11 is 0. The molecule has 1 aliphatic carbocycles. The number of hydrogen-bond acceptors (Lipinski definition) is 5. The number of carbonyl (C=O) groups is 1. The van der Waals surface area contributed by atoms with Crippen LogP contribution in [0.1, 0.15) is 67.9 Å². The maximum atomic E-state index is 13.9. The highest BCUT2D eigenvalue weighted by Gasteiger charge is 2.33. The summed E-state index contributed by atoms with van der Waals surface area (Å²) in [5.41, 5.74) is 2.40.